The van der Waals surface area contributed by atoms with Crippen LogP contribution in [0, 0.1) is 63.6 Å². The Morgan fingerprint density at radius 3 is 2.58 bits per heavy atom. The van der Waals surface area contributed by atoms with Crippen LogP contribution in [0.1, 0.15) is 36.4 Å². The summed E-state index contributed by atoms with van der Waals surface area (Å²) in [5.74, 6) is -1.30. The minimum Gasteiger partial charge on any atom is -0.305 e. The molecule has 1 heterocycles. The van der Waals surface area contributed by atoms with Crippen molar-refractivity contribution in [1.29, 1.82) is 21.2 Å². The molecule has 0 saturated heterocycles. The molecule has 1 fully saturated rings. The van der Waals surface area contributed by atoms with Crippen LogP contribution in [0.2, 0.25) is 0 Å². The molecule has 0 bridgehead atoms. The molecule has 0 radical (unpaired) electrons. The van der Waals surface area contributed by atoms with Crippen LogP contribution in [-0.4, -0.2) is 15.5 Å². The molecule has 2 aliphatic rings. The molecular formula is C18H18N6. The topological polar surface area (TPSA) is 113 Å². The fourth-order valence-electron chi connectivity index (χ4n) is 4.28. The zero-order valence-electron chi connectivity index (χ0n) is 13.7. The molecule has 3 rings (SSSR count). The molecule has 1 N–H and O–H groups in total. The predicted molar refractivity (Wildman–Crippen MR) is 86.6 cm³/mol. The first kappa shape index (κ1) is 16.0. The van der Waals surface area contributed by atoms with Crippen molar-refractivity contribution in [2.75, 3.05) is 0 Å². The molecule has 0 aromatic carbocycles. The number of hydrogen-bond acceptors (Lipinski definition) is 5. The Morgan fingerprint density at radius 1 is 1.33 bits per heavy atom. The van der Waals surface area contributed by atoms with Crippen LogP contribution in [-0.2, 0) is 7.05 Å². The number of aromatic nitrogens is 2. The van der Waals surface area contributed by atoms with Crippen molar-refractivity contribution in [1.82, 2.24) is 9.78 Å². The van der Waals surface area contributed by atoms with Crippen LogP contribution in [0.25, 0.3) is 0 Å². The Hall–Kier alpha value is -2.91. The zero-order valence-corrected chi connectivity index (χ0v) is 13.7. The number of aryl methyl sites for hydroxylation is 2. The van der Waals surface area contributed by atoms with E-state index in [2.05, 4.69) is 23.3 Å². The second-order valence-electron chi connectivity index (χ2n) is 6.57. The third-order valence-electron chi connectivity index (χ3n) is 5.31. The van der Waals surface area contributed by atoms with Gasteiger partial charge in [0.25, 0.3) is 0 Å². The summed E-state index contributed by atoms with van der Waals surface area (Å²) < 4.78 is 1.68. The lowest BCUT2D eigenvalue weighted by Gasteiger charge is -2.45. The smallest absolute Gasteiger partial charge is 0.189 e. The van der Waals surface area contributed by atoms with Crippen molar-refractivity contribution < 1.29 is 0 Å². The maximum Gasteiger partial charge on any atom is 0.189 e. The van der Waals surface area contributed by atoms with Crippen molar-refractivity contribution in [2.24, 2.45) is 24.3 Å². The molecule has 6 heteroatoms. The molecule has 120 valence electrons. The molecule has 2 aliphatic carbocycles. The molecule has 1 aromatic heterocycles. The SMILES string of the molecule is Cc1nn(C)cc1[C@H]1[C@H]2CCCC=C2[C@H](C#N)C(=N)C1(C#N)C#N. The van der Waals surface area contributed by atoms with Crippen LogP contribution < -0.4 is 0 Å². The zero-order chi connectivity index (χ0) is 17.5. The highest BCUT2D eigenvalue weighted by atomic mass is 15.2. The molecular weight excluding hydrogens is 300 g/mol. The Labute approximate surface area is 141 Å². The summed E-state index contributed by atoms with van der Waals surface area (Å²) in [6.45, 7) is 1.86. The number of nitrogens with one attached hydrogen (secondary N) is 1. The fraction of sp³-hybridized carbons (Fsp3) is 0.500. The molecule has 24 heavy (non-hydrogen) atoms. The van der Waals surface area contributed by atoms with E-state index in [4.69, 9.17) is 5.41 Å². The van der Waals surface area contributed by atoms with Gasteiger partial charge in [0.15, 0.2) is 5.41 Å². The minimum absolute atomic E-state index is 0.0697. The van der Waals surface area contributed by atoms with E-state index in [1.165, 1.54) is 0 Å². The van der Waals surface area contributed by atoms with E-state index in [0.29, 0.717) is 0 Å². The maximum atomic E-state index is 9.88. The van der Waals surface area contributed by atoms with Crippen LogP contribution in [0.5, 0.6) is 0 Å². The highest BCUT2D eigenvalue weighted by Gasteiger charge is 2.57. The Kier molecular flexibility index (Phi) is 3.74. The average molecular weight is 318 g/mol. The van der Waals surface area contributed by atoms with Gasteiger partial charge >= 0.3 is 0 Å². The average Bonchev–Trinajstić information content (AvgIpc) is 2.92. The standard InChI is InChI=1S/C18H18N6/c1-11-15(8-24(2)23-11)16-13-6-4-3-5-12(13)14(7-19)17(22)18(16,9-20)10-21/h5,8,13-14,16,22H,3-4,6H2,1-2H3/t13-,14-,16+/m0/s1. The summed E-state index contributed by atoms with van der Waals surface area (Å²) in [5, 5.41) is 42.2. The van der Waals surface area contributed by atoms with E-state index >= 15 is 0 Å². The van der Waals surface area contributed by atoms with E-state index in [1.807, 2.05) is 19.2 Å². The van der Waals surface area contributed by atoms with Crippen LogP contribution in [0.3, 0.4) is 0 Å². The van der Waals surface area contributed by atoms with Gasteiger partial charge in [0.2, 0.25) is 0 Å². The minimum atomic E-state index is -1.62. The van der Waals surface area contributed by atoms with Gasteiger partial charge in [0.05, 0.1) is 29.6 Å². The number of nitriles is 3. The summed E-state index contributed by atoms with van der Waals surface area (Å²) in [5.41, 5.74) is 0.800. The van der Waals surface area contributed by atoms with Crippen molar-refractivity contribution >= 4 is 5.71 Å². The van der Waals surface area contributed by atoms with Gasteiger partial charge in [-0.1, -0.05) is 6.08 Å². The van der Waals surface area contributed by atoms with Crippen molar-refractivity contribution in [2.45, 2.75) is 32.1 Å². The quantitative estimate of drug-likeness (QED) is 0.802. The normalized spacial score (nSPS) is 28.0. The number of allylic oxidation sites excluding steroid dienone is 2. The van der Waals surface area contributed by atoms with Gasteiger partial charge in [-0.15, -0.1) is 0 Å². The van der Waals surface area contributed by atoms with E-state index in [9.17, 15) is 15.8 Å². The summed E-state index contributed by atoms with van der Waals surface area (Å²) in [7, 11) is 1.81. The number of fused-ring (bicyclic) bond motifs is 1. The van der Waals surface area contributed by atoms with Crippen molar-refractivity contribution in [3.05, 3.63) is 29.1 Å². The van der Waals surface area contributed by atoms with Gasteiger partial charge < -0.3 is 5.41 Å². The largest absolute Gasteiger partial charge is 0.305 e. The third kappa shape index (κ3) is 1.99. The second-order valence-corrected chi connectivity index (χ2v) is 6.57. The van der Waals surface area contributed by atoms with Gasteiger partial charge in [0, 0.05) is 19.2 Å². The van der Waals surface area contributed by atoms with Gasteiger partial charge in [-0.05, 0) is 43.2 Å². The lowest BCUT2D eigenvalue weighted by molar-refractivity contribution is 0.319. The molecule has 0 unspecified atom stereocenters. The van der Waals surface area contributed by atoms with Crippen molar-refractivity contribution in [3.8, 4) is 18.2 Å². The molecule has 1 saturated carbocycles. The first-order chi connectivity index (χ1) is 11.5. The summed E-state index contributed by atoms with van der Waals surface area (Å²) in [6.07, 6.45) is 6.54. The van der Waals surface area contributed by atoms with E-state index < -0.39 is 17.3 Å². The van der Waals surface area contributed by atoms with Crippen LogP contribution in [0.4, 0.5) is 0 Å². The summed E-state index contributed by atoms with van der Waals surface area (Å²) in [6, 6.07) is 6.35. The highest BCUT2D eigenvalue weighted by molar-refractivity contribution is 6.00. The van der Waals surface area contributed by atoms with E-state index in [1.54, 1.807) is 11.7 Å². The number of nitrogens with zero attached hydrogens (tertiary/aromatic N) is 5. The molecule has 6 nitrogen and oxygen atoms in total. The lowest BCUT2D eigenvalue weighted by atomic mass is 9.53. The second kappa shape index (κ2) is 5.62. The van der Waals surface area contributed by atoms with Crippen LogP contribution >= 0.6 is 0 Å². The molecule has 0 amide bonds. The van der Waals surface area contributed by atoms with Gasteiger partial charge in [-0.2, -0.15) is 20.9 Å². The molecule has 0 aliphatic heterocycles. The lowest BCUT2D eigenvalue weighted by Crippen LogP contribution is -2.48. The third-order valence-corrected chi connectivity index (χ3v) is 5.31. The fourth-order valence-corrected chi connectivity index (χ4v) is 4.28. The summed E-state index contributed by atoms with van der Waals surface area (Å²) in [4.78, 5) is 0. The molecule has 0 spiro atoms. The van der Waals surface area contributed by atoms with Gasteiger partial charge in [0.1, 0.15) is 5.92 Å². The van der Waals surface area contributed by atoms with Crippen LogP contribution in [0.15, 0.2) is 17.8 Å². The number of hydrogen-bond donors (Lipinski definition) is 1. The Bertz CT molecular complexity index is 840. The highest BCUT2D eigenvalue weighted by Crippen LogP contribution is 2.55. The van der Waals surface area contributed by atoms with E-state index in [-0.39, 0.29) is 11.6 Å². The monoisotopic (exact) mass is 318 g/mol. The molecule has 1 aromatic rings. The van der Waals surface area contributed by atoms with Crippen molar-refractivity contribution in [3.63, 3.8) is 0 Å². The van der Waals surface area contributed by atoms with E-state index in [0.717, 1.165) is 36.1 Å². The van der Waals surface area contributed by atoms with Gasteiger partial charge in [-0.25, -0.2) is 0 Å². The Morgan fingerprint density at radius 2 is 2.04 bits per heavy atom. The first-order valence-corrected chi connectivity index (χ1v) is 8.01. The maximum absolute atomic E-state index is 9.88. The number of rotatable bonds is 1. The first-order valence-electron chi connectivity index (χ1n) is 8.01. The van der Waals surface area contributed by atoms with Gasteiger partial charge in [-0.3, -0.25) is 4.68 Å². The summed E-state index contributed by atoms with van der Waals surface area (Å²) >= 11 is 0. The predicted octanol–water partition coefficient (Wildman–Crippen LogP) is 2.75. The molecule has 3 atom stereocenters. The Balaban J connectivity index is 2.29.